The molecule has 0 amide bonds. The first kappa shape index (κ1) is 8.53. The lowest BCUT2D eigenvalue weighted by Crippen LogP contribution is -2.11. The maximum atomic E-state index is 5.38. The van der Waals surface area contributed by atoms with Crippen molar-refractivity contribution in [2.24, 2.45) is 5.92 Å². The lowest BCUT2D eigenvalue weighted by Gasteiger charge is -2.23. The van der Waals surface area contributed by atoms with Crippen LogP contribution in [0.4, 0.5) is 6.01 Å². The summed E-state index contributed by atoms with van der Waals surface area (Å²) in [5.74, 6) is 1.93. The highest BCUT2D eigenvalue weighted by Crippen LogP contribution is 2.35. The summed E-state index contributed by atoms with van der Waals surface area (Å²) in [6.45, 7) is 2.27. The summed E-state index contributed by atoms with van der Waals surface area (Å²) >= 11 is 0. The van der Waals surface area contributed by atoms with Crippen LogP contribution >= 0.6 is 0 Å². The van der Waals surface area contributed by atoms with Crippen LogP contribution in [0.15, 0.2) is 4.42 Å². The summed E-state index contributed by atoms with van der Waals surface area (Å²) in [5.41, 5.74) is 5.38. The van der Waals surface area contributed by atoms with Gasteiger partial charge < -0.3 is 10.2 Å². The van der Waals surface area contributed by atoms with Gasteiger partial charge in [-0.2, -0.15) is 0 Å². The van der Waals surface area contributed by atoms with E-state index in [9.17, 15) is 0 Å². The zero-order chi connectivity index (χ0) is 9.26. The zero-order valence-electron chi connectivity index (χ0n) is 7.86. The molecule has 0 unspecified atom stereocenters. The van der Waals surface area contributed by atoms with Gasteiger partial charge in [0.2, 0.25) is 5.89 Å². The van der Waals surface area contributed by atoms with Crippen molar-refractivity contribution in [1.29, 1.82) is 0 Å². The zero-order valence-corrected chi connectivity index (χ0v) is 7.86. The predicted molar refractivity (Wildman–Crippen MR) is 49.1 cm³/mol. The van der Waals surface area contributed by atoms with Gasteiger partial charge in [-0.25, -0.2) is 0 Å². The normalized spacial score (nSPS) is 29.0. The molecule has 4 nitrogen and oxygen atoms in total. The molecule has 0 spiro atoms. The molecule has 2 atom stereocenters. The van der Waals surface area contributed by atoms with Crippen LogP contribution in [0.2, 0.25) is 0 Å². The van der Waals surface area contributed by atoms with Gasteiger partial charge in [0.1, 0.15) is 0 Å². The molecule has 13 heavy (non-hydrogen) atoms. The Hall–Kier alpha value is -1.06. The van der Waals surface area contributed by atoms with Crippen molar-refractivity contribution in [3.63, 3.8) is 0 Å². The van der Waals surface area contributed by atoms with E-state index in [1.54, 1.807) is 0 Å². The van der Waals surface area contributed by atoms with Crippen molar-refractivity contribution in [3.8, 4) is 0 Å². The van der Waals surface area contributed by atoms with Gasteiger partial charge in [0.25, 0.3) is 0 Å². The van der Waals surface area contributed by atoms with E-state index in [4.69, 9.17) is 10.2 Å². The van der Waals surface area contributed by atoms with Crippen LogP contribution in [-0.2, 0) is 0 Å². The molecule has 2 N–H and O–H groups in total. The van der Waals surface area contributed by atoms with Gasteiger partial charge >= 0.3 is 6.01 Å². The molecule has 0 bridgehead atoms. The number of hydrogen-bond donors (Lipinski definition) is 1. The van der Waals surface area contributed by atoms with Crippen LogP contribution in [0.5, 0.6) is 0 Å². The van der Waals surface area contributed by atoms with E-state index in [1.165, 1.54) is 12.8 Å². The van der Waals surface area contributed by atoms with Gasteiger partial charge in [-0.05, 0) is 18.8 Å². The van der Waals surface area contributed by atoms with Crippen LogP contribution < -0.4 is 5.73 Å². The van der Waals surface area contributed by atoms with Crippen molar-refractivity contribution in [3.05, 3.63) is 5.89 Å². The molecule has 1 fully saturated rings. The first-order valence-corrected chi connectivity index (χ1v) is 4.84. The van der Waals surface area contributed by atoms with E-state index < -0.39 is 0 Å². The summed E-state index contributed by atoms with van der Waals surface area (Å²) in [7, 11) is 0. The Bertz CT molecular complexity index is 284. The second kappa shape index (κ2) is 3.36. The summed E-state index contributed by atoms with van der Waals surface area (Å²) < 4.78 is 5.23. The fraction of sp³-hybridized carbons (Fsp3) is 0.778. The highest BCUT2D eigenvalue weighted by Gasteiger charge is 2.24. The molecule has 1 saturated carbocycles. The smallest absolute Gasteiger partial charge is 0.312 e. The van der Waals surface area contributed by atoms with Crippen LogP contribution in [-0.4, -0.2) is 10.2 Å². The molecule has 1 aromatic rings. The number of anilines is 1. The average molecular weight is 181 g/mol. The van der Waals surface area contributed by atoms with Crippen molar-refractivity contribution in [2.75, 3.05) is 5.73 Å². The Morgan fingerprint density at radius 3 is 2.85 bits per heavy atom. The largest absolute Gasteiger partial charge is 0.408 e. The van der Waals surface area contributed by atoms with E-state index in [0.29, 0.717) is 5.92 Å². The molecule has 0 radical (unpaired) electrons. The van der Waals surface area contributed by atoms with Gasteiger partial charge in [-0.15, -0.1) is 5.10 Å². The highest BCUT2D eigenvalue weighted by molar-refractivity contribution is 5.07. The number of nitrogens with zero attached hydrogens (tertiary/aromatic N) is 2. The third kappa shape index (κ3) is 1.82. The van der Waals surface area contributed by atoms with Gasteiger partial charge in [-0.3, -0.25) is 0 Å². The number of nitrogen functional groups attached to an aromatic ring is 1. The Morgan fingerprint density at radius 2 is 2.23 bits per heavy atom. The van der Waals surface area contributed by atoms with E-state index in [1.807, 2.05) is 0 Å². The first-order chi connectivity index (χ1) is 6.25. The number of hydrogen-bond acceptors (Lipinski definition) is 4. The minimum Gasteiger partial charge on any atom is -0.408 e. The number of aromatic nitrogens is 2. The Balaban J connectivity index is 2.08. The molecule has 1 aromatic heterocycles. The molecule has 0 saturated heterocycles. The van der Waals surface area contributed by atoms with Gasteiger partial charge in [0.05, 0.1) is 0 Å². The minimum atomic E-state index is 0.188. The molecule has 1 heterocycles. The molecule has 0 aliphatic heterocycles. The minimum absolute atomic E-state index is 0.188. The summed E-state index contributed by atoms with van der Waals surface area (Å²) in [6.07, 6.45) is 4.89. The third-order valence-corrected chi connectivity index (χ3v) is 2.74. The summed E-state index contributed by atoms with van der Waals surface area (Å²) in [6, 6.07) is 0.188. The Kier molecular flexibility index (Phi) is 2.20. The monoisotopic (exact) mass is 181 g/mol. The molecule has 4 heteroatoms. The maximum absolute atomic E-state index is 5.38. The van der Waals surface area contributed by atoms with Gasteiger partial charge in [0, 0.05) is 5.92 Å². The summed E-state index contributed by atoms with van der Waals surface area (Å²) in [5, 5.41) is 7.61. The third-order valence-electron chi connectivity index (χ3n) is 2.74. The second-order valence-corrected chi connectivity index (χ2v) is 3.95. The molecule has 1 aliphatic rings. The first-order valence-electron chi connectivity index (χ1n) is 4.84. The van der Waals surface area contributed by atoms with Crippen LogP contribution in [0.1, 0.15) is 44.4 Å². The van der Waals surface area contributed by atoms with Crippen molar-refractivity contribution < 1.29 is 4.42 Å². The summed E-state index contributed by atoms with van der Waals surface area (Å²) in [4.78, 5) is 0. The average Bonchev–Trinajstić information content (AvgIpc) is 2.52. The molecule has 0 aromatic carbocycles. The Morgan fingerprint density at radius 1 is 1.38 bits per heavy atom. The molecule has 2 rings (SSSR count). The van der Waals surface area contributed by atoms with Crippen LogP contribution in [0, 0.1) is 5.92 Å². The van der Waals surface area contributed by atoms with Gasteiger partial charge in [0.15, 0.2) is 0 Å². The SMILES string of the molecule is C[C@@H]1CCC[C@H](c2nnc(N)o2)C1. The van der Waals surface area contributed by atoms with E-state index >= 15 is 0 Å². The topological polar surface area (TPSA) is 64.9 Å². The number of nitrogens with two attached hydrogens (primary N) is 1. The van der Waals surface area contributed by atoms with Crippen LogP contribution in [0.25, 0.3) is 0 Å². The predicted octanol–water partition coefficient (Wildman–Crippen LogP) is 1.95. The van der Waals surface area contributed by atoms with E-state index in [2.05, 4.69) is 17.1 Å². The lowest BCUT2D eigenvalue weighted by molar-refractivity contribution is 0.304. The standard InChI is InChI=1S/C9H15N3O/c1-6-3-2-4-7(5-6)8-11-12-9(10)13-8/h6-7H,2-5H2,1H3,(H2,10,12)/t6-,7+/m1/s1. The second-order valence-electron chi connectivity index (χ2n) is 3.95. The quantitative estimate of drug-likeness (QED) is 0.719. The van der Waals surface area contributed by atoms with Crippen molar-refractivity contribution in [2.45, 2.75) is 38.5 Å². The number of rotatable bonds is 1. The molecular weight excluding hydrogens is 166 g/mol. The van der Waals surface area contributed by atoms with Gasteiger partial charge in [-0.1, -0.05) is 24.9 Å². The van der Waals surface area contributed by atoms with Crippen LogP contribution in [0.3, 0.4) is 0 Å². The lowest BCUT2D eigenvalue weighted by atomic mass is 9.82. The Labute approximate surface area is 77.5 Å². The fourth-order valence-corrected chi connectivity index (χ4v) is 2.07. The molecule has 1 aliphatic carbocycles. The maximum Gasteiger partial charge on any atom is 0.312 e. The fourth-order valence-electron chi connectivity index (χ4n) is 2.07. The molecule has 72 valence electrons. The van der Waals surface area contributed by atoms with E-state index in [-0.39, 0.29) is 6.01 Å². The van der Waals surface area contributed by atoms with Crippen molar-refractivity contribution >= 4 is 6.01 Å². The highest BCUT2D eigenvalue weighted by atomic mass is 16.4. The van der Waals surface area contributed by atoms with Crippen molar-refractivity contribution in [1.82, 2.24) is 10.2 Å². The van der Waals surface area contributed by atoms with E-state index in [0.717, 1.165) is 24.7 Å². The molecular formula is C9H15N3O.